The van der Waals surface area contributed by atoms with Gasteiger partial charge in [-0.25, -0.2) is 9.79 Å². The summed E-state index contributed by atoms with van der Waals surface area (Å²) in [5.74, 6) is -0.796. The van der Waals surface area contributed by atoms with Gasteiger partial charge in [0.2, 0.25) is 0 Å². The van der Waals surface area contributed by atoms with E-state index in [4.69, 9.17) is 16.3 Å². The lowest BCUT2D eigenvalue weighted by Crippen LogP contribution is -2.10. The summed E-state index contributed by atoms with van der Waals surface area (Å²) in [6, 6.07) is 10.8. The van der Waals surface area contributed by atoms with Crippen LogP contribution in [0.15, 0.2) is 63.8 Å². The van der Waals surface area contributed by atoms with Gasteiger partial charge in [0.25, 0.3) is 0 Å². The van der Waals surface area contributed by atoms with Crippen LogP contribution in [0, 0.1) is 0 Å². The van der Waals surface area contributed by atoms with Crippen molar-refractivity contribution < 1.29 is 14.6 Å². The van der Waals surface area contributed by atoms with Crippen LogP contribution in [0.2, 0.25) is 5.02 Å². The van der Waals surface area contributed by atoms with Crippen molar-refractivity contribution in [1.29, 1.82) is 0 Å². The molecule has 0 saturated heterocycles. The standard InChI is InChI=1S/C18H15ClN2O3S/c1-21-9-5-6-11(21)10-14-16(22)15(18(23)24-2)17(25-14)20-13-8-4-3-7-12(13)19/h3-10,22H,1-2H3/b14-10+,20-17?. The third-order valence-electron chi connectivity index (χ3n) is 3.62. The summed E-state index contributed by atoms with van der Waals surface area (Å²) in [7, 11) is 3.16. The van der Waals surface area contributed by atoms with Crippen molar-refractivity contribution >= 4 is 46.1 Å². The summed E-state index contributed by atoms with van der Waals surface area (Å²) in [5, 5.41) is 11.3. The van der Waals surface area contributed by atoms with Crippen molar-refractivity contribution in [2.24, 2.45) is 12.0 Å². The van der Waals surface area contributed by atoms with Crippen LogP contribution >= 0.6 is 23.4 Å². The zero-order chi connectivity index (χ0) is 18.0. The number of aliphatic hydroxyl groups excluding tert-OH is 1. The number of nitrogens with zero attached hydrogens (tertiary/aromatic N) is 2. The maximum absolute atomic E-state index is 12.1. The number of rotatable bonds is 3. The number of aromatic nitrogens is 1. The Balaban J connectivity index is 2.08. The molecule has 1 aromatic heterocycles. The highest BCUT2D eigenvalue weighted by atomic mass is 35.5. The number of halogens is 1. The molecule has 7 heteroatoms. The number of aliphatic hydroxyl groups is 1. The van der Waals surface area contributed by atoms with Crippen LogP contribution < -0.4 is 0 Å². The summed E-state index contributed by atoms with van der Waals surface area (Å²) in [5.41, 5.74) is 1.44. The van der Waals surface area contributed by atoms with Gasteiger partial charge in [0.1, 0.15) is 16.4 Å². The molecule has 1 aliphatic rings. The molecule has 0 unspecified atom stereocenters. The highest BCUT2D eigenvalue weighted by Gasteiger charge is 2.33. The minimum Gasteiger partial charge on any atom is -0.506 e. The van der Waals surface area contributed by atoms with Gasteiger partial charge in [0.15, 0.2) is 0 Å². The lowest BCUT2D eigenvalue weighted by Gasteiger charge is -2.03. The molecule has 0 amide bonds. The van der Waals surface area contributed by atoms with E-state index in [2.05, 4.69) is 4.99 Å². The minimum absolute atomic E-state index is 0.0351. The second-order valence-corrected chi connectivity index (χ2v) is 6.68. The topological polar surface area (TPSA) is 63.8 Å². The number of hydrogen-bond donors (Lipinski definition) is 1. The van der Waals surface area contributed by atoms with Gasteiger partial charge in [0, 0.05) is 18.9 Å². The summed E-state index contributed by atoms with van der Waals surface area (Å²) in [6.45, 7) is 0. The van der Waals surface area contributed by atoms with E-state index < -0.39 is 5.97 Å². The molecule has 1 aliphatic heterocycles. The summed E-state index contributed by atoms with van der Waals surface area (Å²) in [4.78, 5) is 17.1. The maximum Gasteiger partial charge on any atom is 0.344 e. The van der Waals surface area contributed by atoms with Gasteiger partial charge in [0.05, 0.1) is 22.7 Å². The fourth-order valence-electron chi connectivity index (χ4n) is 2.30. The average Bonchev–Trinajstić information content (AvgIpc) is 3.13. The number of esters is 1. The molecule has 2 heterocycles. The molecule has 0 fully saturated rings. The van der Waals surface area contributed by atoms with Gasteiger partial charge >= 0.3 is 5.97 Å². The number of carbonyl (C=O) groups excluding carboxylic acids is 1. The van der Waals surface area contributed by atoms with E-state index in [-0.39, 0.29) is 11.3 Å². The van der Waals surface area contributed by atoms with Crippen LogP contribution in [0.25, 0.3) is 6.08 Å². The largest absolute Gasteiger partial charge is 0.506 e. The van der Waals surface area contributed by atoms with Crippen molar-refractivity contribution in [3.63, 3.8) is 0 Å². The number of para-hydroxylation sites is 1. The van der Waals surface area contributed by atoms with Crippen LogP contribution in [0.3, 0.4) is 0 Å². The summed E-state index contributed by atoms with van der Waals surface area (Å²) in [6.07, 6.45) is 3.69. The van der Waals surface area contributed by atoms with Crippen molar-refractivity contribution in [2.45, 2.75) is 0 Å². The Hall–Kier alpha value is -2.44. The Bertz CT molecular complexity index is 928. The van der Waals surface area contributed by atoms with Gasteiger partial charge in [-0.1, -0.05) is 35.5 Å². The molecule has 5 nitrogen and oxygen atoms in total. The zero-order valence-corrected chi connectivity index (χ0v) is 15.1. The SMILES string of the molecule is COC(=O)C1=C(O)/C(=C\c2cccn2C)SC1=Nc1ccccc1Cl. The molecule has 3 rings (SSSR count). The summed E-state index contributed by atoms with van der Waals surface area (Å²) >= 11 is 7.34. The second-order valence-electron chi connectivity index (χ2n) is 5.24. The van der Waals surface area contributed by atoms with E-state index >= 15 is 0 Å². The van der Waals surface area contributed by atoms with Gasteiger partial charge in [-0.2, -0.15) is 0 Å². The van der Waals surface area contributed by atoms with Crippen LogP contribution in [0.1, 0.15) is 5.69 Å². The first-order valence-corrected chi connectivity index (χ1v) is 8.57. The average molecular weight is 375 g/mol. The molecule has 1 aromatic carbocycles. The van der Waals surface area contributed by atoms with Crippen molar-refractivity contribution in [3.8, 4) is 0 Å². The highest BCUT2D eigenvalue weighted by Crippen LogP contribution is 2.40. The van der Waals surface area contributed by atoms with E-state index in [1.165, 1.54) is 18.9 Å². The number of aliphatic imine (C=N–C) groups is 1. The molecule has 2 aromatic rings. The Morgan fingerprint density at radius 1 is 1.32 bits per heavy atom. The Labute approximate surface area is 154 Å². The van der Waals surface area contributed by atoms with Crippen molar-refractivity contribution in [2.75, 3.05) is 7.11 Å². The van der Waals surface area contributed by atoms with E-state index in [0.717, 1.165) is 5.69 Å². The Morgan fingerprint density at radius 2 is 2.08 bits per heavy atom. The monoisotopic (exact) mass is 374 g/mol. The number of aryl methyl sites for hydroxylation is 1. The minimum atomic E-state index is -0.647. The first-order chi connectivity index (χ1) is 12.0. The first kappa shape index (κ1) is 17.4. The van der Waals surface area contributed by atoms with Gasteiger partial charge in [-0.3, -0.25) is 0 Å². The number of thioether (sulfide) groups is 1. The number of methoxy groups -OCH3 is 1. The maximum atomic E-state index is 12.1. The van der Waals surface area contributed by atoms with E-state index in [0.29, 0.717) is 20.7 Å². The lowest BCUT2D eigenvalue weighted by molar-refractivity contribution is -0.135. The first-order valence-electron chi connectivity index (χ1n) is 7.37. The molecule has 0 spiro atoms. The highest BCUT2D eigenvalue weighted by molar-refractivity contribution is 8.18. The van der Waals surface area contributed by atoms with Gasteiger partial charge in [-0.15, -0.1) is 0 Å². The van der Waals surface area contributed by atoms with Crippen LogP contribution in [-0.4, -0.2) is 27.8 Å². The van der Waals surface area contributed by atoms with Gasteiger partial charge in [-0.05, 0) is 30.3 Å². The molecule has 0 saturated carbocycles. The fraction of sp³-hybridized carbons (Fsp3) is 0.111. The van der Waals surface area contributed by atoms with E-state index in [1.54, 1.807) is 30.3 Å². The zero-order valence-electron chi connectivity index (χ0n) is 13.6. The second kappa shape index (κ2) is 7.21. The molecule has 0 aliphatic carbocycles. The van der Waals surface area contributed by atoms with Crippen molar-refractivity contribution in [3.05, 3.63) is 69.5 Å². The molecule has 1 N–H and O–H groups in total. The Kier molecular flexibility index (Phi) is 5.01. The van der Waals surface area contributed by atoms with Crippen LogP contribution in [0.4, 0.5) is 5.69 Å². The quantitative estimate of drug-likeness (QED) is 0.804. The molecule has 0 bridgehead atoms. The molecule has 0 radical (unpaired) electrons. The van der Waals surface area contributed by atoms with Crippen LogP contribution in [-0.2, 0) is 16.6 Å². The third-order valence-corrected chi connectivity index (χ3v) is 4.96. The smallest absolute Gasteiger partial charge is 0.344 e. The predicted molar refractivity (Wildman–Crippen MR) is 101 cm³/mol. The van der Waals surface area contributed by atoms with Crippen molar-refractivity contribution in [1.82, 2.24) is 4.57 Å². The van der Waals surface area contributed by atoms with Gasteiger partial charge < -0.3 is 14.4 Å². The summed E-state index contributed by atoms with van der Waals surface area (Å²) < 4.78 is 6.70. The molecule has 25 heavy (non-hydrogen) atoms. The molecular weight excluding hydrogens is 360 g/mol. The number of ether oxygens (including phenoxy) is 1. The third kappa shape index (κ3) is 3.50. The number of benzene rings is 1. The Morgan fingerprint density at radius 3 is 2.72 bits per heavy atom. The lowest BCUT2D eigenvalue weighted by atomic mass is 10.2. The number of hydrogen-bond acceptors (Lipinski definition) is 5. The fourth-order valence-corrected chi connectivity index (χ4v) is 3.49. The molecule has 0 atom stereocenters. The number of carbonyl (C=O) groups is 1. The van der Waals surface area contributed by atoms with E-state index in [1.807, 2.05) is 29.9 Å². The van der Waals surface area contributed by atoms with Crippen LogP contribution in [0.5, 0.6) is 0 Å². The van der Waals surface area contributed by atoms with E-state index in [9.17, 15) is 9.90 Å². The predicted octanol–water partition coefficient (Wildman–Crippen LogP) is 4.48. The normalized spacial score (nSPS) is 17.6. The molecule has 128 valence electrons. The molecular formula is C18H15ClN2O3S.